The van der Waals surface area contributed by atoms with Crippen molar-refractivity contribution in [3.63, 3.8) is 0 Å². The molecule has 27 heavy (non-hydrogen) atoms. The Kier molecular flexibility index (Phi) is 4.26. The first-order valence-electron chi connectivity index (χ1n) is 10.3. The average Bonchev–Trinajstić information content (AvgIpc) is 3.50. The summed E-state index contributed by atoms with van der Waals surface area (Å²) in [6, 6.07) is 4.42. The second kappa shape index (κ2) is 6.54. The summed E-state index contributed by atoms with van der Waals surface area (Å²) in [5.74, 6) is -0.986. The van der Waals surface area contributed by atoms with Gasteiger partial charge in [0.2, 0.25) is 0 Å². The van der Waals surface area contributed by atoms with Crippen LogP contribution in [0.4, 0.5) is 4.39 Å². The van der Waals surface area contributed by atoms with Gasteiger partial charge in [-0.1, -0.05) is 0 Å². The molecule has 1 aromatic rings. The predicted octanol–water partition coefficient (Wildman–Crippen LogP) is 2.71. The molecule has 5 nitrogen and oxygen atoms in total. The number of hydrogen-bond donors (Lipinski definition) is 2. The first-order chi connectivity index (χ1) is 13.1. The van der Waals surface area contributed by atoms with Crippen LogP contribution in [0.25, 0.3) is 0 Å². The van der Waals surface area contributed by atoms with Crippen molar-refractivity contribution in [2.75, 3.05) is 19.6 Å². The molecule has 0 radical (unpaired) electrons. The number of fused-ring (bicyclic) bond motifs is 1. The van der Waals surface area contributed by atoms with E-state index < -0.39 is 5.91 Å². The Morgan fingerprint density at radius 2 is 1.85 bits per heavy atom. The molecule has 2 heterocycles. The largest absolute Gasteiger partial charge is 0.300 e. The van der Waals surface area contributed by atoms with Crippen LogP contribution >= 0.6 is 0 Å². The van der Waals surface area contributed by atoms with Crippen molar-refractivity contribution < 1.29 is 14.4 Å². The molecular formula is C21H28FN3O2. The molecule has 3 fully saturated rings. The Morgan fingerprint density at radius 3 is 2.52 bits per heavy atom. The highest BCUT2D eigenvalue weighted by Crippen LogP contribution is 2.52. The Balaban J connectivity index is 1.21. The van der Waals surface area contributed by atoms with Crippen molar-refractivity contribution in [1.82, 2.24) is 15.3 Å². The molecule has 4 aliphatic rings. The second-order valence-electron chi connectivity index (χ2n) is 9.09. The molecule has 0 unspecified atom stereocenters. The zero-order valence-corrected chi connectivity index (χ0v) is 15.7. The number of benzene rings is 1. The SMILES string of the molecule is O=C(NO)c1cc(F)c2c(c1)CCN(C1CC3(CCN(C4CC4)CC3)C1)C2. The van der Waals surface area contributed by atoms with Crippen molar-refractivity contribution in [3.8, 4) is 0 Å². The lowest BCUT2D eigenvalue weighted by Gasteiger charge is -2.56. The fraction of sp³-hybridized carbons (Fsp3) is 0.667. The molecule has 2 saturated carbocycles. The van der Waals surface area contributed by atoms with E-state index in [1.54, 1.807) is 11.5 Å². The maximum absolute atomic E-state index is 14.6. The number of carbonyl (C=O) groups is 1. The highest BCUT2D eigenvalue weighted by molar-refractivity contribution is 5.93. The summed E-state index contributed by atoms with van der Waals surface area (Å²) < 4.78 is 14.6. The second-order valence-corrected chi connectivity index (χ2v) is 9.09. The predicted molar refractivity (Wildman–Crippen MR) is 99.1 cm³/mol. The number of likely N-dealkylation sites (tertiary alicyclic amines) is 1. The van der Waals surface area contributed by atoms with E-state index in [1.807, 2.05) is 0 Å². The summed E-state index contributed by atoms with van der Waals surface area (Å²) in [5, 5.41) is 8.78. The van der Waals surface area contributed by atoms with Gasteiger partial charge in [-0.3, -0.25) is 14.9 Å². The van der Waals surface area contributed by atoms with E-state index in [4.69, 9.17) is 5.21 Å². The maximum atomic E-state index is 14.6. The third-order valence-electron chi connectivity index (χ3n) is 7.46. The number of rotatable bonds is 3. The van der Waals surface area contributed by atoms with Crippen LogP contribution in [0.3, 0.4) is 0 Å². The zero-order valence-electron chi connectivity index (χ0n) is 15.7. The van der Waals surface area contributed by atoms with E-state index in [0.717, 1.165) is 30.1 Å². The number of carbonyl (C=O) groups excluding carboxylic acids is 1. The lowest BCUT2D eigenvalue weighted by molar-refractivity contribution is -0.0488. The monoisotopic (exact) mass is 373 g/mol. The highest BCUT2D eigenvalue weighted by Gasteiger charge is 2.49. The molecule has 1 spiro atoms. The fourth-order valence-electron chi connectivity index (χ4n) is 5.56. The fourth-order valence-corrected chi connectivity index (χ4v) is 5.56. The number of hydrogen-bond acceptors (Lipinski definition) is 4. The summed E-state index contributed by atoms with van der Waals surface area (Å²) in [5.41, 5.74) is 3.94. The average molecular weight is 373 g/mol. The standard InChI is InChI=1S/C21H28FN3O2/c22-19-10-15(20(26)23-27)9-14-3-6-25(13-18(14)19)17-11-21(12-17)4-7-24(8-5-21)16-1-2-16/h9-10,16-17,27H,1-8,11-13H2,(H,23,26). The first-order valence-corrected chi connectivity index (χ1v) is 10.3. The minimum atomic E-state index is -0.655. The van der Waals surface area contributed by atoms with Crippen LogP contribution in [0.1, 0.15) is 60.0 Å². The molecule has 2 aliphatic carbocycles. The van der Waals surface area contributed by atoms with Gasteiger partial charge in [0.05, 0.1) is 0 Å². The molecule has 1 aromatic carbocycles. The summed E-state index contributed by atoms with van der Waals surface area (Å²) in [6.07, 6.45) is 8.74. The normalized spacial score (nSPS) is 25.9. The van der Waals surface area contributed by atoms with Crippen LogP contribution in [0.15, 0.2) is 12.1 Å². The summed E-state index contributed by atoms with van der Waals surface area (Å²) in [4.78, 5) is 16.7. The third-order valence-corrected chi connectivity index (χ3v) is 7.46. The highest BCUT2D eigenvalue weighted by atomic mass is 19.1. The van der Waals surface area contributed by atoms with E-state index in [0.29, 0.717) is 18.0 Å². The Morgan fingerprint density at radius 1 is 1.11 bits per heavy atom. The Bertz CT molecular complexity index is 748. The molecule has 146 valence electrons. The van der Waals surface area contributed by atoms with Crippen LogP contribution in [-0.4, -0.2) is 52.6 Å². The van der Waals surface area contributed by atoms with Gasteiger partial charge in [-0.15, -0.1) is 0 Å². The lowest BCUT2D eigenvalue weighted by atomic mass is 9.59. The number of nitrogens with zero attached hydrogens (tertiary/aromatic N) is 2. The van der Waals surface area contributed by atoms with Gasteiger partial charge in [-0.05, 0) is 81.1 Å². The number of halogens is 1. The van der Waals surface area contributed by atoms with Crippen LogP contribution < -0.4 is 5.48 Å². The Labute approximate surface area is 159 Å². The molecule has 0 aromatic heterocycles. The van der Waals surface area contributed by atoms with E-state index >= 15 is 0 Å². The molecule has 2 N–H and O–H groups in total. The van der Waals surface area contributed by atoms with Gasteiger partial charge in [0, 0.05) is 36.3 Å². The van der Waals surface area contributed by atoms with Gasteiger partial charge in [-0.2, -0.15) is 0 Å². The molecule has 1 amide bonds. The van der Waals surface area contributed by atoms with Crippen molar-refractivity contribution in [3.05, 3.63) is 34.6 Å². The van der Waals surface area contributed by atoms with Crippen LogP contribution in [0.2, 0.25) is 0 Å². The van der Waals surface area contributed by atoms with Gasteiger partial charge in [0.1, 0.15) is 5.82 Å². The zero-order chi connectivity index (χ0) is 18.6. The van der Waals surface area contributed by atoms with Crippen LogP contribution in [0, 0.1) is 11.2 Å². The first kappa shape index (κ1) is 17.6. The quantitative estimate of drug-likeness (QED) is 0.632. The molecule has 1 saturated heterocycles. The summed E-state index contributed by atoms with van der Waals surface area (Å²) in [7, 11) is 0. The van der Waals surface area contributed by atoms with Crippen LogP contribution in [0.5, 0.6) is 0 Å². The minimum Gasteiger partial charge on any atom is -0.300 e. The number of nitrogens with one attached hydrogen (secondary N) is 1. The van der Waals surface area contributed by atoms with E-state index in [1.165, 1.54) is 57.7 Å². The molecule has 6 heteroatoms. The smallest absolute Gasteiger partial charge is 0.274 e. The van der Waals surface area contributed by atoms with Crippen molar-refractivity contribution >= 4 is 5.91 Å². The van der Waals surface area contributed by atoms with Crippen molar-refractivity contribution in [2.45, 2.75) is 63.6 Å². The van der Waals surface area contributed by atoms with Crippen molar-refractivity contribution in [1.29, 1.82) is 0 Å². The Hall–Kier alpha value is -1.50. The number of amides is 1. The maximum Gasteiger partial charge on any atom is 0.274 e. The van der Waals surface area contributed by atoms with Crippen LogP contribution in [-0.2, 0) is 13.0 Å². The third kappa shape index (κ3) is 3.18. The minimum absolute atomic E-state index is 0.187. The van der Waals surface area contributed by atoms with Gasteiger partial charge in [0.15, 0.2) is 0 Å². The number of hydroxylamine groups is 1. The number of piperidine rings is 1. The topological polar surface area (TPSA) is 55.8 Å². The van der Waals surface area contributed by atoms with Crippen molar-refractivity contribution in [2.24, 2.45) is 5.41 Å². The van der Waals surface area contributed by atoms with Gasteiger partial charge < -0.3 is 4.90 Å². The molecule has 0 atom stereocenters. The summed E-state index contributed by atoms with van der Waals surface area (Å²) in [6.45, 7) is 4.10. The van der Waals surface area contributed by atoms with E-state index in [-0.39, 0.29) is 11.4 Å². The molecule has 2 aliphatic heterocycles. The summed E-state index contributed by atoms with van der Waals surface area (Å²) >= 11 is 0. The van der Waals surface area contributed by atoms with E-state index in [2.05, 4.69) is 9.80 Å². The van der Waals surface area contributed by atoms with E-state index in [9.17, 15) is 9.18 Å². The molecule has 5 rings (SSSR count). The van der Waals surface area contributed by atoms with Gasteiger partial charge in [-0.25, -0.2) is 9.87 Å². The lowest BCUT2D eigenvalue weighted by Crippen LogP contribution is -2.56. The molecule has 0 bridgehead atoms. The van der Waals surface area contributed by atoms with Gasteiger partial charge >= 0.3 is 0 Å². The molecular weight excluding hydrogens is 345 g/mol. The van der Waals surface area contributed by atoms with Gasteiger partial charge in [0.25, 0.3) is 5.91 Å².